The quantitative estimate of drug-likeness (QED) is 0.375. The van der Waals surface area contributed by atoms with E-state index in [4.69, 9.17) is 26.1 Å². The molecule has 6 heteroatoms. The van der Waals surface area contributed by atoms with E-state index in [2.05, 4.69) is 22.4 Å². The van der Waals surface area contributed by atoms with Crippen LogP contribution in [0.4, 0.5) is 5.69 Å². The van der Waals surface area contributed by atoms with Gasteiger partial charge in [0.25, 0.3) is 0 Å². The molecular formula is C32H43ClN2O3. The van der Waals surface area contributed by atoms with Crippen molar-refractivity contribution in [2.75, 3.05) is 18.5 Å². The van der Waals surface area contributed by atoms with E-state index < -0.39 is 5.79 Å². The molecule has 1 aromatic carbocycles. The number of nitrogens with zero attached hydrogens (tertiary/aromatic N) is 1. The smallest absolute Gasteiger partial charge is 0.201 e. The summed E-state index contributed by atoms with van der Waals surface area (Å²) in [4.78, 5) is 16.0. The molecule has 0 amide bonds. The molecule has 4 bridgehead atoms. The van der Waals surface area contributed by atoms with Gasteiger partial charge in [0.1, 0.15) is 5.60 Å². The molecule has 2 unspecified atom stereocenters. The number of rotatable bonds is 6. The van der Waals surface area contributed by atoms with Crippen LogP contribution in [-0.4, -0.2) is 29.5 Å². The lowest BCUT2D eigenvalue weighted by molar-refractivity contribution is -0.512. The van der Waals surface area contributed by atoms with Crippen LogP contribution in [0.15, 0.2) is 30.5 Å². The maximum absolute atomic E-state index is 6.23. The fourth-order valence-electron chi connectivity index (χ4n) is 9.39. The number of anilines is 1. The first-order valence-electron chi connectivity index (χ1n) is 15.0. The minimum atomic E-state index is -0.495. The van der Waals surface area contributed by atoms with Gasteiger partial charge in [0, 0.05) is 41.7 Å². The zero-order valence-electron chi connectivity index (χ0n) is 23.1. The first kappa shape index (κ1) is 25.6. The van der Waals surface area contributed by atoms with Crippen molar-refractivity contribution < 1.29 is 14.5 Å². The highest BCUT2D eigenvalue weighted by Gasteiger charge is 2.57. The van der Waals surface area contributed by atoms with E-state index in [9.17, 15) is 0 Å². The van der Waals surface area contributed by atoms with Crippen LogP contribution in [0.3, 0.4) is 0 Å². The molecule has 5 nitrogen and oxygen atoms in total. The summed E-state index contributed by atoms with van der Waals surface area (Å²) in [6.07, 6.45) is 17.6. The van der Waals surface area contributed by atoms with Crippen LogP contribution in [-0.2, 0) is 14.5 Å². The van der Waals surface area contributed by atoms with Crippen LogP contribution < -0.4 is 5.32 Å². The molecule has 38 heavy (non-hydrogen) atoms. The van der Waals surface area contributed by atoms with Gasteiger partial charge in [0.15, 0.2) is 0 Å². The van der Waals surface area contributed by atoms with Crippen LogP contribution in [0, 0.1) is 28.6 Å². The highest BCUT2D eigenvalue weighted by Crippen LogP contribution is 2.67. The van der Waals surface area contributed by atoms with Crippen molar-refractivity contribution in [2.45, 2.75) is 102 Å². The zero-order chi connectivity index (χ0) is 26.0. The number of benzene rings is 1. The summed E-state index contributed by atoms with van der Waals surface area (Å²) in [5.74, 6) is 2.14. The van der Waals surface area contributed by atoms with Crippen molar-refractivity contribution in [3.8, 4) is 0 Å². The molecule has 1 N–H and O–H groups in total. The maximum Gasteiger partial charge on any atom is 0.201 e. The van der Waals surface area contributed by atoms with Crippen LogP contribution >= 0.6 is 11.6 Å². The van der Waals surface area contributed by atoms with Gasteiger partial charge in [-0.2, -0.15) is 0 Å². The Kier molecular flexibility index (Phi) is 6.27. The van der Waals surface area contributed by atoms with Gasteiger partial charge < -0.3 is 10.1 Å². The Labute approximate surface area is 232 Å². The molecule has 1 aliphatic heterocycles. The van der Waals surface area contributed by atoms with Crippen molar-refractivity contribution in [2.24, 2.45) is 28.6 Å². The summed E-state index contributed by atoms with van der Waals surface area (Å²) in [6, 6.07) is 8.19. The van der Waals surface area contributed by atoms with Gasteiger partial charge >= 0.3 is 0 Å². The molecule has 206 valence electrons. The number of hydrogen-bond donors (Lipinski definition) is 1. The third-order valence-electron chi connectivity index (χ3n) is 10.7. The van der Waals surface area contributed by atoms with Gasteiger partial charge in [-0.3, -0.25) is 4.98 Å². The Hall–Kier alpha value is -1.40. The fourth-order valence-corrected chi connectivity index (χ4v) is 9.56. The molecule has 1 saturated heterocycles. The Morgan fingerprint density at radius 1 is 1.00 bits per heavy atom. The van der Waals surface area contributed by atoms with Gasteiger partial charge in [0.2, 0.25) is 5.79 Å². The average molecular weight is 539 g/mol. The minimum Gasteiger partial charge on any atom is -0.384 e. The number of fused-ring (bicyclic) bond motifs is 1. The van der Waals surface area contributed by atoms with E-state index in [0.29, 0.717) is 17.4 Å². The highest BCUT2D eigenvalue weighted by atomic mass is 35.5. The maximum atomic E-state index is 6.23. The number of halogens is 1. The van der Waals surface area contributed by atoms with Gasteiger partial charge in [-0.15, -0.1) is 0 Å². The van der Waals surface area contributed by atoms with Gasteiger partial charge in [-0.05, 0) is 131 Å². The first-order chi connectivity index (χ1) is 18.2. The van der Waals surface area contributed by atoms with E-state index in [1.54, 1.807) is 0 Å². The molecule has 2 atom stereocenters. The highest BCUT2D eigenvalue weighted by molar-refractivity contribution is 6.31. The minimum absolute atomic E-state index is 0.344. The summed E-state index contributed by atoms with van der Waals surface area (Å²) in [6.45, 7) is 5.74. The van der Waals surface area contributed by atoms with Crippen molar-refractivity contribution in [3.63, 3.8) is 0 Å². The van der Waals surface area contributed by atoms with Gasteiger partial charge in [0.05, 0.1) is 12.1 Å². The molecule has 8 rings (SSSR count). The second-order valence-electron chi connectivity index (χ2n) is 14.4. The lowest BCUT2D eigenvalue weighted by Gasteiger charge is -2.63. The van der Waals surface area contributed by atoms with E-state index in [1.165, 1.54) is 75.3 Å². The molecule has 5 saturated carbocycles. The molecule has 5 aliphatic carbocycles. The zero-order valence-corrected chi connectivity index (χ0v) is 23.8. The SMILES string of the molecule is CC1(C)COC2(CCC(CCC34CC5CC(C3)CC(CNc3ccnc6cc(Cl)ccc36)(C5)C4)CC2)OO1. The fraction of sp³-hybridized carbons (Fsp3) is 0.719. The molecule has 0 radical (unpaired) electrons. The second-order valence-corrected chi connectivity index (χ2v) is 14.9. The standard InChI is InChI=1S/C32H43ClN2O3/c1-29(2)21-36-32(38-37-29)10-6-22(7-11-32)5-9-30-15-23-13-24(16-30)18-31(17-23,19-30)20-35-27-8-12-34-28-14-25(33)3-4-26(27)28/h3-4,8,12,14,22-24H,5-7,9-11,13,15-21H2,1-2H3,(H,34,35). The summed E-state index contributed by atoms with van der Waals surface area (Å²) in [7, 11) is 0. The summed E-state index contributed by atoms with van der Waals surface area (Å²) >= 11 is 6.23. The monoisotopic (exact) mass is 538 g/mol. The average Bonchev–Trinajstić information content (AvgIpc) is 2.88. The Bertz CT molecular complexity index is 1160. The summed E-state index contributed by atoms with van der Waals surface area (Å²) in [5, 5.41) is 5.82. The predicted octanol–water partition coefficient (Wildman–Crippen LogP) is 8.31. The Balaban J connectivity index is 0.991. The third-order valence-corrected chi connectivity index (χ3v) is 10.9. The van der Waals surface area contributed by atoms with Gasteiger partial charge in [-0.1, -0.05) is 11.6 Å². The molecule has 6 fully saturated rings. The first-order valence-corrected chi connectivity index (χ1v) is 15.4. The number of aromatic nitrogens is 1. The number of ether oxygens (including phenoxy) is 1. The number of nitrogens with one attached hydrogen (secondary N) is 1. The molecule has 1 spiro atoms. The predicted molar refractivity (Wildman–Crippen MR) is 151 cm³/mol. The number of hydrogen-bond acceptors (Lipinski definition) is 5. The van der Waals surface area contributed by atoms with Crippen LogP contribution in [0.1, 0.15) is 90.9 Å². The third kappa shape index (κ3) is 4.87. The largest absolute Gasteiger partial charge is 0.384 e. The van der Waals surface area contributed by atoms with Crippen molar-refractivity contribution in [1.82, 2.24) is 4.98 Å². The molecule has 6 aliphatic rings. The molecule has 1 aromatic heterocycles. The van der Waals surface area contributed by atoms with Crippen LogP contribution in [0.5, 0.6) is 0 Å². The van der Waals surface area contributed by atoms with Crippen LogP contribution in [0.2, 0.25) is 5.02 Å². The molecule has 2 heterocycles. The van der Waals surface area contributed by atoms with Crippen molar-refractivity contribution in [1.29, 1.82) is 0 Å². The van der Waals surface area contributed by atoms with Crippen molar-refractivity contribution >= 4 is 28.2 Å². The molecular weight excluding hydrogens is 496 g/mol. The second kappa shape index (κ2) is 9.33. The normalized spacial score (nSPS) is 39.6. The summed E-state index contributed by atoms with van der Waals surface area (Å²) in [5.41, 5.74) is 2.82. The Morgan fingerprint density at radius 2 is 1.76 bits per heavy atom. The van der Waals surface area contributed by atoms with Crippen molar-refractivity contribution in [3.05, 3.63) is 35.5 Å². The lowest BCUT2D eigenvalue weighted by atomic mass is 9.43. The topological polar surface area (TPSA) is 52.6 Å². The summed E-state index contributed by atoms with van der Waals surface area (Å²) < 4.78 is 6.19. The van der Waals surface area contributed by atoms with E-state index in [-0.39, 0.29) is 5.60 Å². The van der Waals surface area contributed by atoms with Gasteiger partial charge in [-0.25, -0.2) is 9.78 Å². The number of pyridine rings is 1. The van der Waals surface area contributed by atoms with Crippen LogP contribution in [0.25, 0.3) is 10.9 Å². The van der Waals surface area contributed by atoms with E-state index in [1.807, 2.05) is 32.2 Å². The lowest BCUT2D eigenvalue weighted by Crippen LogP contribution is -2.54. The van der Waals surface area contributed by atoms with E-state index >= 15 is 0 Å². The Morgan fingerprint density at radius 3 is 2.50 bits per heavy atom. The van der Waals surface area contributed by atoms with E-state index in [0.717, 1.165) is 47.7 Å². The molecule has 2 aromatic rings.